The minimum Gasteiger partial charge on any atom is -0.480 e. The van der Waals surface area contributed by atoms with Crippen molar-refractivity contribution in [2.75, 3.05) is 5.75 Å². The first kappa shape index (κ1) is 14.2. The maximum atomic E-state index is 11.9. The maximum Gasteiger partial charge on any atom is 0.327 e. The molecule has 1 atom stereocenters. The Morgan fingerprint density at radius 2 is 1.83 bits per heavy atom. The van der Waals surface area contributed by atoms with E-state index in [1.807, 2.05) is 0 Å². The molecule has 5 nitrogen and oxygen atoms in total. The number of Topliss-reactive ketones (excluding diaryl/α,β-unsaturated/α-hetero) is 1. The van der Waals surface area contributed by atoms with Gasteiger partial charge in [-0.05, 0) is 13.0 Å². The summed E-state index contributed by atoms with van der Waals surface area (Å²) in [5.41, 5.74) is 0.427. The number of carboxylic acids is 1. The van der Waals surface area contributed by atoms with Crippen LogP contribution < -0.4 is 5.32 Å². The minimum absolute atomic E-state index is 0.0245. The van der Waals surface area contributed by atoms with Crippen molar-refractivity contribution in [1.29, 1.82) is 0 Å². The fourth-order valence-corrected chi connectivity index (χ4v) is 1.66. The highest BCUT2D eigenvalue weighted by molar-refractivity contribution is 7.80. The second-order valence-corrected chi connectivity index (χ2v) is 4.01. The molecule has 1 amide bonds. The zero-order valence-corrected chi connectivity index (χ0v) is 10.6. The van der Waals surface area contributed by atoms with Crippen LogP contribution in [0.15, 0.2) is 24.3 Å². The molecule has 6 heteroatoms. The van der Waals surface area contributed by atoms with Crippen LogP contribution in [0.5, 0.6) is 0 Å². The van der Waals surface area contributed by atoms with Gasteiger partial charge >= 0.3 is 5.97 Å². The highest BCUT2D eigenvalue weighted by Gasteiger charge is 2.21. The van der Waals surface area contributed by atoms with Crippen molar-refractivity contribution in [2.24, 2.45) is 0 Å². The molecule has 18 heavy (non-hydrogen) atoms. The molecule has 0 aromatic heterocycles. The van der Waals surface area contributed by atoms with Gasteiger partial charge in [0.2, 0.25) is 0 Å². The average Bonchev–Trinajstić information content (AvgIpc) is 2.35. The van der Waals surface area contributed by atoms with E-state index in [2.05, 4.69) is 17.9 Å². The first-order chi connectivity index (χ1) is 8.47. The number of thiol groups is 1. The lowest BCUT2D eigenvalue weighted by Gasteiger charge is -2.13. The van der Waals surface area contributed by atoms with Crippen molar-refractivity contribution in [3.63, 3.8) is 0 Å². The Balaban J connectivity index is 2.97. The van der Waals surface area contributed by atoms with Gasteiger partial charge < -0.3 is 10.4 Å². The van der Waals surface area contributed by atoms with Crippen LogP contribution in [0.1, 0.15) is 27.6 Å². The molecule has 0 saturated carbocycles. The lowest BCUT2D eigenvalue weighted by Crippen LogP contribution is -2.42. The fraction of sp³-hybridized carbons (Fsp3) is 0.250. The molecule has 0 bridgehead atoms. The monoisotopic (exact) mass is 267 g/mol. The Kier molecular flexibility index (Phi) is 4.91. The van der Waals surface area contributed by atoms with Crippen LogP contribution in [0.2, 0.25) is 0 Å². The van der Waals surface area contributed by atoms with Gasteiger partial charge in [-0.1, -0.05) is 18.2 Å². The normalized spacial score (nSPS) is 11.7. The second kappa shape index (κ2) is 6.20. The summed E-state index contributed by atoms with van der Waals surface area (Å²) in [4.78, 5) is 34.0. The molecule has 1 aromatic rings. The molecule has 1 rings (SSSR count). The quantitative estimate of drug-likeness (QED) is 0.549. The first-order valence-electron chi connectivity index (χ1n) is 5.22. The third-order valence-electron chi connectivity index (χ3n) is 2.34. The lowest BCUT2D eigenvalue weighted by atomic mass is 10.0. The molecule has 96 valence electrons. The summed E-state index contributed by atoms with van der Waals surface area (Å²) in [7, 11) is 0. The van der Waals surface area contributed by atoms with Crippen LogP contribution >= 0.6 is 12.6 Å². The van der Waals surface area contributed by atoms with E-state index in [-0.39, 0.29) is 22.7 Å². The highest BCUT2D eigenvalue weighted by Crippen LogP contribution is 2.09. The minimum atomic E-state index is -1.17. The van der Waals surface area contributed by atoms with Gasteiger partial charge in [0.05, 0.1) is 5.56 Å². The molecule has 2 N–H and O–H groups in total. The molecule has 0 saturated heterocycles. The van der Waals surface area contributed by atoms with Crippen LogP contribution in [0.25, 0.3) is 0 Å². The standard InChI is InChI=1S/C12H13NO4S/c1-7(14)8-4-2-3-5-9(8)11(15)13-10(6-18)12(16)17/h2-5,10,18H,6H2,1H3,(H,13,15)(H,16,17). The third-order valence-corrected chi connectivity index (χ3v) is 2.70. The second-order valence-electron chi connectivity index (χ2n) is 3.65. The number of hydrogen-bond acceptors (Lipinski definition) is 4. The highest BCUT2D eigenvalue weighted by atomic mass is 32.1. The molecular weight excluding hydrogens is 254 g/mol. The molecule has 0 aliphatic carbocycles. The van der Waals surface area contributed by atoms with Crippen LogP contribution in [-0.2, 0) is 4.79 Å². The third kappa shape index (κ3) is 3.33. The summed E-state index contributed by atoms with van der Waals surface area (Å²) in [5.74, 6) is -2.04. The molecule has 1 aromatic carbocycles. The molecule has 0 fully saturated rings. The number of carboxylic acid groups (broad SMARTS) is 1. The van der Waals surface area contributed by atoms with Gasteiger partial charge in [0.15, 0.2) is 5.78 Å². The van der Waals surface area contributed by atoms with E-state index < -0.39 is 17.9 Å². The largest absolute Gasteiger partial charge is 0.480 e. The summed E-state index contributed by atoms with van der Waals surface area (Å²) < 4.78 is 0. The number of hydrogen-bond donors (Lipinski definition) is 3. The van der Waals surface area contributed by atoms with Crippen LogP contribution in [0.4, 0.5) is 0 Å². The van der Waals surface area contributed by atoms with Crippen LogP contribution in [-0.4, -0.2) is 34.6 Å². The number of carbonyl (C=O) groups is 3. The molecule has 0 spiro atoms. The Morgan fingerprint density at radius 3 is 2.28 bits per heavy atom. The summed E-state index contributed by atoms with van der Waals surface area (Å²) in [6, 6.07) is 5.16. The van der Waals surface area contributed by atoms with E-state index in [0.29, 0.717) is 0 Å². The number of carbonyl (C=O) groups excluding carboxylic acids is 2. The molecule has 0 radical (unpaired) electrons. The summed E-state index contributed by atoms with van der Waals surface area (Å²) >= 11 is 3.85. The molecular formula is C12H13NO4S. The van der Waals surface area contributed by atoms with Crippen LogP contribution in [0.3, 0.4) is 0 Å². The van der Waals surface area contributed by atoms with Crippen molar-refractivity contribution in [3.05, 3.63) is 35.4 Å². The van der Waals surface area contributed by atoms with Gasteiger partial charge in [-0.3, -0.25) is 9.59 Å². The van der Waals surface area contributed by atoms with Crippen molar-refractivity contribution in [1.82, 2.24) is 5.32 Å². The van der Waals surface area contributed by atoms with E-state index in [1.165, 1.54) is 19.1 Å². The number of nitrogens with one attached hydrogen (secondary N) is 1. The Labute approximate surface area is 110 Å². The van der Waals surface area contributed by atoms with E-state index in [0.717, 1.165) is 0 Å². The molecule has 0 aliphatic heterocycles. The first-order valence-corrected chi connectivity index (χ1v) is 5.85. The molecule has 0 heterocycles. The van der Waals surface area contributed by atoms with Crippen molar-refractivity contribution in [3.8, 4) is 0 Å². The Hall–Kier alpha value is -1.82. The predicted octanol–water partition coefficient (Wildman–Crippen LogP) is 1.00. The topological polar surface area (TPSA) is 83.5 Å². The molecule has 1 unspecified atom stereocenters. The number of amides is 1. The van der Waals surface area contributed by atoms with Gasteiger partial charge in [0.25, 0.3) is 5.91 Å². The Morgan fingerprint density at radius 1 is 1.28 bits per heavy atom. The summed E-state index contributed by atoms with van der Waals surface area (Å²) in [6.45, 7) is 1.35. The van der Waals surface area contributed by atoms with Gasteiger partial charge in [-0.25, -0.2) is 4.79 Å². The van der Waals surface area contributed by atoms with E-state index in [9.17, 15) is 14.4 Å². The van der Waals surface area contributed by atoms with Crippen molar-refractivity contribution >= 4 is 30.3 Å². The molecule has 0 aliphatic rings. The van der Waals surface area contributed by atoms with Gasteiger partial charge in [-0.15, -0.1) is 0 Å². The zero-order chi connectivity index (χ0) is 13.7. The van der Waals surface area contributed by atoms with Gasteiger partial charge in [0, 0.05) is 11.3 Å². The number of aliphatic carboxylic acids is 1. The SMILES string of the molecule is CC(=O)c1ccccc1C(=O)NC(CS)C(=O)O. The van der Waals surface area contributed by atoms with E-state index >= 15 is 0 Å². The lowest BCUT2D eigenvalue weighted by molar-refractivity contribution is -0.138. The number of benzene rings is 1. The van der Waals surface area contributed by atoms with Crippen molar-refractivity contribution in [2.45, 2.75) is 13.0 Å². The fourth-order valence-electron chi connectivity index (χ4n) is 1.41. The summed E-state index contributed by atoms with van der Waals surface area (Å²) in [5, 5.41) is 11.1. The number of rotatable bonds is 5. The average molecular weight is 267 g/mol. The van der Waals surface area contributed by atoms with Crippen LogP contribution in [0, 0.1) is 0 Å². The smallest absolute Gasteiger partial charge is 0.327 e. The van der Waals surface area contributed by atoms with Crippen molar-refractivity contribution < 1.29 is 19.5 Å². The summed E-state index contributed by atoms with van der Waals surface area (Å²) in [6.07, 6.45) is 0. The Bertz CT molecular complexity index is 487. The number of ketones is 1. The van der Waals surface area contributed by atoms with E-state index in [4.69, 9.17) is 5.11 Å². The van der Waals surface area contributed by atoms with E-state index in [1.54, 1.807) is 12.1 Å². The van der Waals surface area contributed by atoms with Gasteiger partial charge in [-0.2, -0.15) is 12.6 Å². The predicted molar refractivity (Wildman–Crippen MR) is 69.2 cm³/mol. The zero-order valence-electron chi connectivity index (χ0n) is 9.71. The maximum absolute atomic E-state index is 11.9. The van der Waals surface area contributed by atoms with Gasteiger partial charge in [0.1, 0.15) is 6.04 Å².